The largest absolute Gasteiger partial charge is 0.399 e. The van der Waals surface area contributed by atoms with E-state index in [1.165, 1.54) is 115 Å². The Hall–Kier alpha value is -0.980. The van der Waals surface area contributed by atoms with Crippen LogP contribution in [0.25, 0.3) is 0 Å². The standard InChI is InChI=1S/C24H43N/c1-2-3-4-5-6-7-8-9-10-11-12-13-14-15-16-17-19-23-20-18-21-24(25)22-23/h18,20-22H,2-17,19,25H2,1H3. The Morgan fingerprint density at radius 1 is 0.600 bits per heavy atom. The molecule has 0 aliphatic carbocycles. The van der Waals surface area contributed by atoms with Gasteiger partial charge in [-0.2, -0.15) is 0 Å². The summed E-state index contributed by atoms with van der Waals surface area (Å²) >= 11 is 0. The highest BCUT2D eigenvalue weighted by Gasteiger charge is 1.96. The lowest BCUT2D eigenvalue weighted by Gasteiger charge is -2.04. The van der Waals surface area contributed by atoms with E-state index in [0.717, 1.165) is 5.69 Å². The van der Waals surface area contributed by atoms with Crippen LogP contribution in [0.4, 0.5) is 5.69 Å². The van der Waals surface area contributed by atoms with Gasteiger partial charge < -0.3 is 5.73 Å². The second-order valence-electron chi connectivity index (χ2n) is 7.80. The lowest BCUT2D eigenvalue weighted by Crippen LogP contribution is -1.89. The lowest BCUT2D eigenvalue weighted by atomic mass is 10.0. The number of nitrogen functional groups attached to an aromatic ring is 1. The number of aryl methyl sites for hydroxylation is 1. The first-order valence-corrected chi connectivity index (χ1v) is 11.2. The van der Waals surface area contributed by atoms with Crippen LogP contribution in [0.2, 0.25) is 0 Å². The zero-order chi connectivity index (χ0) is 18.0. The minimum atomic E-state index is 0.897. The van der Waals surface area contributed by atoms with Gasteiger partial charge in [0.2, 0.25) is 0 Å². The van der Waals surface area contributed by atoms with Crippen molar-refractivity contribution < 1.29 is 0 Å². The van der Waals surface area contributed by atoms with E-state index >= 15 is 0 Å². The number of benzene rings is 1. The van der Waals surface area contributed by atoms with Gasteiger partial charge in [0.25, 0.3) is 0 Å². The van der Waals surface area contributed by atoms with Gasteiger partial charge in [0.05, 0.1) is 0 Å². The van der Waals surface area contributed by atoms with E-state index in [1.807, 2.05) is 6.07 Å². The maximum atomic E-state index is 5.82. The van der Waals surface area contributed by atoms with Crippen molar-refractivity contribution >= 4 is 5.69 Å². The molecule has 1 heteroatoms. The van der Waals surface area contributed by atoms with Crippen molar-refractivity contribution in [2.24, 2.45) is 0 Å². The molecule has 1 aromatic rings. The molecule has 0 unspecified atom stereocenters. The summed E-state index contributed by atoms with van der Waals surface area (Å²) in [7, 11) is 0. The normalized spacial score (nSPS) is 11.1. The van der Waals surface area contributed by atoms with Crippen molar-refractivity contribution in [2.45, 2.75) is 116 Å². The molecule has 0 saturated carbocycles. The second kappa shape index (κ2) is 16.5. The molecule has 0 aromatic heterocycles. The van der Waals surface area contributed by atoms with Crippen LogP contribution in [0.15, 0.2) is 24.3 Å². The minimum Gasteiger partial charge on any atom is -0.399 e. The Labute approximate surface area is 157 Å². The van der Waals surface area contributed by atoms with Crippen molar-refractivity contribution in [1.82, 2.24) is 0 Å². The quantitative estimate of drug-likeness (QED) is 0.224. The molecule has 2 N–H and O–H groups in total. The van der Waals surface area contributed by atoms with Gasteiger partial charge in [-0.15, -0.1) is 0 Å². The summed E-state index contributed by atoms with van der Waals surface area (Å²) < 4.78 is 0. The highest BCUT2D eigenvalue weighted by molar-refractivity contribution is 5.40. The molecule has 0 atom stereocenters. The predicted molar refractivity (Wildman–Crippen MR) is 114 cm³/mol. The molecule has 1 aromatic carbocycles. The fourth-order valence-corrected chi connectivity index (χ4v) is 3.63. The monoisotopic (exact) mass is 345 g/mol. The van der Waals surface area contributed by atoms with Gasteiger partial charge in [0.1, 0.15) is 0 Å². The molecule has 144 valence electrons. The van der Waals surface area contributed by atoms with Crippen LogP contribution in [0.1, 0.15) is 115 Å². The molecular weight excluding hydrogens is 302 g/mol. The molecular formula is C24H43N. The average Bonchev–Trinajstić information content (AvgIpc) is 2.61. The van der Waals surface area contributed by atoms with Crippen LogP contribution in [-0.4, -0.2) is 0 Å². The van der Waals surface area contributed by atoms with Crippen LogP contribution in [0.5, 0.6) is 0 Å². The topological polar surface area (TPSA) is 26.0 Å². The SMILES string of the molecule is CCCCCCCCCCCCCCCCCCc1cccc(N)c1. The third kappa shape index (κ3) is 13.9. The summed E-state index contributed by atoms with van der Waals surface area (Å²) in [5, 5.41) is 0. The van der Waals surface area contributed by atoms with E-state index in [9.17, 15) is 0 Å². The molecule has 0 amide bonds. The Morgan fingerprint density at radius 3 is 1.48 bits per heavy atom. The molecule has 0 spiro atoms. The molecule has 0 fully saturated rings. The van der Waals surface area contributed by atoms with Crippen molar-refractivity contribution in [2.75, 3.05) is 5.73 Å². The van der Waals surface area contributed by atoms with Gasteiger partial charge in [0.15, 0.2) is 0 Å². The molecule has 1 rings (SSSR count). The average molecular weight is 346 g/mol. The van der Waals surface area contributed by atoms with E-state index in [4.69, 9.17) is 5.73 Å². The van der Waals surface area contributed by atoms with Crippen molar-refractivity contribution in [3.63, 3.8) is 0 Å². The second-order valence-corrected chi connectivity index (χ2v) is 7.80. The van der Waals surface area contributed by atoms with Gasteiger partial charge >= 0.3 is 0 Å². The number of hydrogen-bond acceptors (Lipinski definition) is 1. The smallest absolute Gasteiger partial charge is 0.0316 e. The fraction of sp³-hybridized carbons (Fsp3) is 0.750. The number of hydrogen-bond donors (Lipinski definition) is 1. The van der Waals surface area contributed by atoms with Crippen LogP contribution in [-0.2, 0) is 6.42 Å². The molecule has 0 aliphatic rings. The summed E-state index contributed by atoms with van der Waals surface area (Å²) in [5.41, 5.74) is 8.11. The predicted octanol–water partition coefficient (Wildman–Crippen LogP) is 8.07. The molecule has 25 heavy (non-hydrogen) atoms. The summed E-state index contributed by atoms with van der Waals surface area (Å²) in [6, 6.07) is 8.35. The Balaban J connectivity index is 1.75. The molecule has 0 saturated heterocycles. The van der Waals surface area contributed by atoms with E-state index in [-0.39, 0.29) is 0 Å². The third-order valence-corrected chi connectivity index (χ3v) is 5.27. The maximum absolute atomic E-state index is 5.82. The van der Waals surface area contributed by atoms with Crippen LogP contribution in [0, 0.1) is 0 Å². The van der Waals surface area contributed by atoms with Crippen LogP contribution >= 0.6 is 0 Å². The van der Waals surface area contributed by atoms with E-state index in [1.54, 1.807) is 0 Å². The van der Waals surface area contributed by atoms with E-state index < -0.39 is 0 Å². The van der Waals surface area contributed by atoms with Gasteiger partial charge in [-0.25, -0.2) is 0 Å². The minimum absolute atomic E-state index is 0.897. The first-order chi connectivity index (χ1) is 12.3. The Morgan fingerprint density at radius 2 is 1.04 bits per heavy atom. The number of anilines is 1. The summed E-state index contributed by atoms with van der Waals surface area (Å²) in [6.07, 6.45) is 24.1. The van der Waals surface area contributed by atoms with Crippen LogP contribution < -0.4 is 5.73 Å². The van der Waals surface area contributed by atoms with Crippen LogP contribution in [0.3, 0.4) is 0 Å². The fourth-order valence-electron chi connectivity index (χ4n) is 3.63. The highest BCUT2D eigenvalue weighted by Crippen LogP contribution is 2.15. The van der Waals surface area contributed by atoms with Crippen molar-refractivity contribution in [3.05, 3.63) is 29.8 Å². The molecule has 1 nitrogen and oxygen atoms in total. The summed E-state index contributed by atoms with van der Waals surface area (Å²) in [5.74, 6) is 0. The summed E-state index contributed by atoms with van der Waals surface area (Å²) in [4.78, 5) is 0. The maximum Gasteiger partial charge on any atom is 0.0316 e. The zero-order valence-electron chi connectivity index (χ0n) is 16.9. The zero-order valence-corrected chi connectivity index (χ0v) is 16.9. The Kier molecular flexibility index (Phi) is 14.5. The van der Waals surface area contributed by atoms with E-state index in [2.05, 4.69) is 25.1 Å². The van der Waals surface area contributed by atoms with E-state index in [0.29, 0.717) is 0 Å². The van der Waals surface area contributed by atoms with Gasteiger partial charge in [0, 0.05) is 5.69 Å². The van der Waals surface area contributed by atoms with Gasteiger partial charge in [-0.05, 0) is 30.5 Å². The van der Waals surface area contributed by atoms with Crippen molar-refractivity contribution in [1.29, 1.82) is 0 Å². The number of unbranched alkanes of at least 4 members (excludes halogenated alkanes) is 15. The molecule has 0 radical (unpaired) electrons. The molecule has 0 aliphatic heterocycles. The molecule has 0 bridgehead atoms. The highest BCUT2D eigenvalue weighted by atomic mass is 14.5. The number of nitrogens with two attached hydrogens (primary N) is 1. The first kappa shape index (κ1) is 22.1. The number of rotatable bonds is 17. The van der Waals surface area contributed by atoms with Crippen molar-refractivity contribution in [3.8, 4) is 0 Å². The van der Waals surface area contributed by atoms with Gasteiger partial charge in [-0.3, -0.25) is 0 Å². The third-order valence-electron chi connectivity index (χ3n) is 5.27. The van der Waals surface area contributed by atoms with Gasteiger partial charge in [-0.1, -0.05) is 115 Å². The molecule has 0 heterocycles. The first-order valence-electron chi connectivity index (χ1n) is 11.2. The lowest BCUT2D eigenvalue weighted by molar-refractivity contribution is 0.529. The Bertz CT molecular complexity index is 399. The summed E-state index contributed by atoms with van der Waals surface area (Å²) in [6.45, 7) is 2.29.